The van der Waals surface area contributed by atoms with Crippen molar-refractivity contribution >= 4 is 44.3 Å². The van der Waals surface area contributed by atoms with Crippen LogP contribution in [0.25, 0.3) is 0 Å². The summed E-state index contributed by atoms with van der Waals surface area (Å²) in [6.45, 7) is 0.452. The zero-order valence-corrected chi connectivity index (χ0v) is 20.7. The molecule has 0 amide bonds. The number of hydrogen-bond acceptors (Lipinski definition) is 5. The molecule has 0 saturated carbocycles. The third kappa shape index (κ3) is 4.23. The summed E-state index contributed by atoms with van der Waals surface area (Å²) in [4.78, 5) is 14.7. The van der Waals surface area contributed by atoms with E-state index in [0.717, 1.165) is 34.1 Å². The Kier molecular flexibility index (Phi) is 6.39. The van der Waals surface area contributed by atoms with Gasteiger partial charge in [-0.2, -0.15) is 5.26 Å². The van der Waals surface area contributed by atoms with Crippen LogP contribution in [0.5, 0.6) is 5.75 Å². The minimum absolute atomic E-state index is 0.0912. The van der Waals surface area contributed by atoms with E-state index in [1.165, 1.54) is 3.57 Å². The zero-order valence-electron chi connectivity index (χ0n) is 17.0. The molecule has 0 radical (unpaired) electrons. The van der Waals surface area contributed by atoms with Gasteiger partial charge in [0.25, 0.3) is 0 Å². The molecule has 4 rings (SSSR count). The molecule has 7 heteroatoms. The van der Waals surface area contributed by atoms with Gasteiger partial charge >= 0.3 is 0 Å². The van der Waals surface area contributed by atoms with Crippen molar-refractivity contribution < 1.29 is 9.53 Å². The summed E-state index contributed by atoms with van der Waals surface area (Å²) in [5.41, 5.74) is 10.3. The number of nitriles is 1. The van der Waals surface area contributed by atoms with Gasteiger partial charge in [0.1, 0.15) is 18.2 Å². The number of ether oxygens (including phenoxy) is 1. The van der Waals surface area contributed by atoms with Crippen molar-refractivity contribution in [1.29, 1.82) is 5.26 Å². The predicted octanol–water partition coefficient (Wildman–Crippen LogP) is 5.36. The van der Waals surface area contributed by atoms with Crippen molar-refractivity contribution in [1.82, 2.24) is 4.90 Å². The van der Waals surface area contributed by atoms with Crippen molar-refractivity contribution in [3.8, 4) is 11.8 Å². The number of nitrogens with two attached hydrogens (primary N) is 1. The van der Waals surface area contributed by atoms with Crippen LogP contribution in [0.1, 0.15) is 36.3 Å². The molecule has 2 aliphatic rings. The van der Waals surface area contributed by atoms with Crippen LogP contribution in [0.15, 0.2) is 69.6 Å². The predicted molar refractivity (Wildman–Crippen MR) is 131 cm³/mol. The van der Waals surface area contributed by atoms with Crippen molar-refractivity contribution in [3.63, 3.8) is 0 Å². The highest BCUT2D eigenvalue weighted by Gasteiger charge is 2.38. The van der Waals surface area contributed by atoms with E-state index in [2.05, 4.69) is 44.6 Å². The lowest BCUT2D eigenvalue weighted by Crippen LogP contribution is -2.36. The maximum absolute atomic E-state index is 12.9. The van der Waals surface area contributed by atoms with Gasteiger partial charge in [-0.25, -0.2) is 0 Å². The van der Waals surface area contributed by atoms with E-state index in [9.17, 15) is 10.1 Å². The summed E-state index contributed by atoms with van der Waals surface area (Å²) in [5.74, 6) is 0.755. The maximum atomic E-state index is 12.9. The fourth-order valence-electron chi connectivity index (χ4n) is 4.15. The SMILES string of the molecule is CN1C(N)=C(C#N)[C@@H](c2ccc(OCc3ccc(I)cc3)c(Br)c2)C2=C1CCCC2=O. The van der Waals surface area contributed by atoms with Gasteiger partial charge in [0.05, 0.1) is 22.0 Å². The lowest BCUT2D eigenvalue weighted by molar-refractivity contribution is -0.116. The van der Waals surface area contributed by atoms with Crippen LogP contribution in [-0.2, 0) is 11.4 Å². The van der Waals surface area contributed by atoms with E-state index >= 15 is 0 Å². The van der Waals surface area contributed by atoms with E-state index in [1.807, 2.05) is 49.5 Å². The number of halogens is 2. The van der Waals surface area contributed by atoms with E-state index in [0.29, 0.717) is 35.7 Å². The van der Waals surface area contributed by atoms with Gasteiger partial charge in [-0.05, 0) is 86.8 Å². The van der Waals surface area contributed by atoms with Crippen LogP contribution in [-0.4, -0.2) is 17.7 Å². The minimum Gasteiger partial charge on any atom is -0.488 e. The van der Waals surface area contributed by atoms with Gasteiger partial charge in [-0.1, -0.05) is 18.2 Å². The number of Topliss-reactive ketones (excluding diaryl/α,β-unsaturated/α-hetero) is 1. The fraction of sp³-hybridized carbons (Fsp3) is 0.250. The number of ketones is 1. The van der Waals surface area contributed by atoms with Gasteiger partial charge in [0.15, 0.2) is 5.78 Å². The largest absolute Gasteiger partial charge is 0.488 e. The molecular weight excluding hydrogens is 569 g/mol. The smallest absolute Gasteiger partial charge is 0.161 e. The van der Waals surface area contributed by atoms with E-state index < -0.39 is 5.92 Å². The van der Waals surface area contributed by atoms with Gasteiger partial charge in [0, 0.05) is 28.3 Å². The Morgan fingerprint density at radius 2 is 2.00 bits per heavy atom. The van der Waals surface area contributed by atoms with Gasteiger partial charge in [-0.3, -0.25) is 4.79 Å². The third-order valence-corrected chi connectivity index (χ3v) is 7.10. The molecule has 158 valence electrons. The van der Waals surface area contributed by atoms with Gasteiger partial charge in [0.2, 0.25) is 0 Å². The summed E-state index contributed by atoms with van der Waals surface area (Å²) < 4.78 is 7.94. The molecule has 1 aliphatic heterocycles. The molecule has 0 fully saturated rings. The quantitative estimate of drug-likeness (QED) is 0.486. The third-order valence-electron chi connectivity index (χ3n) is 5.77. The topological polar surface area (TPSA) is 79.3 Å². The van der Waals surface area contributed by atoms with Crippen LogP contribution in [0.4, 0.5) is 0 Å². The molecule has 1 aliphatic carbocycles. The minimum atomic E-state index is -0.453. The second-order valence-corrected chi connectivity index (χ2v) is 9.74. The average molecular weight is 590 g/mol. The Morgan fingerprint density at radius 1 is 1.26 bits per heavy atom. The van der Waals surface area contributed by atoms with E-state index in [-0.39, 0.29) is 5.78 Å². The van der Waals surface area contributed by atoms with Crippen molar-refractivity contribution in [2.24, 2.45) is 5.73 Å². The first-order chi connectivity index (χ1) is 14.9. The Labute approximate surface area is 203 Å². The van der Waals surface area contributed by atoms with Crippen molar-refractivity contribution in [2.75, 3.05) is 7.05 Å². The Hall–Kier alpha value is -2.31. The average Bonchev–Trinajstić information content (AvgIpc) is 2.76. The highest BCUT2D eigenvalue weighted by atomic mass is 127. The Bertz CT molecular complexity index is 1150. The van der Waals surface area contributed by atoms with Crippen LogP contribution in [0.3, 0.4) is 0 Å². The second kappa shape index (κ2) is 9.05. The summed E-state index contributed by atoms with van der Waals surface area (Å²) >= 11 is 5.88. The summed E-state index contributed by atoms with van der Waals surface area (Å²) in [6, 6.07) is 16.1. The molecule has 2 N–H and O–H groups in total. The zero-order chi connectivity index (χ0) is 22.1. The first-order valence-corrected chi connectivity index (χ1v) is 11.8. The second-order valence-electron chi connectivity index (χ2n) is 7.64. The number of allylic oxidation sites excluding steroid dienone is 3. The molecule has 0 aromatic heterocycles. The molecule has 31 heavy (non-hydrogen) atoms. The molecule has 0 saturated heterocycles. The van der Waals surface area contributed by atoms with Crippen molar-refractivity contribution in [2.45, 2.75) is 31.8 Å². The van der Waals surface area contributed by atoms with E-state index in [4.69, 9.17) is 10.5 Å². The highest BCUT2D eigenvalue weighted by Crippen LogP contribution is 2.45. The standard InChI is InChI=1S/C24H21BrIN3O2/c1-29-19-3-2-4-20(30)23(19)22(17(12-27)24(29)28)15-7-10-21(18(25)11-15)31-13-14-5-8-16(26)9-6-14/h5-11,22H,2-4,13,28H2,1H3/t22-/m1/s1. The number of nitrogens with zero attached hydrogens (tertiary/aromatic N) is 2. The Morgan fingerprint density at radius 3 is 2.68 bits per heavy atom. The van der Waals surface area contributed by atoms with Crippen LogP contribution in [0, 0.1) is 14.9 Å². The van der Waals surface area contributed by atoms with Crippen LogP contribution < -0.4 is 10.5 Å². The lowest BCUT2D eigenvalue weighted by atomic mass is 9.76. The number of carbonyl (C=O) groups excluding carboxylic acids is 1. The molecule has 5 nitrogen and oxygen atoms in total. The highest BCUT2D eigenvalue weighted by molar-refractivity contribution is 14.1. The van der Waals surface area contributed by atoms with Crippen LogP contribution in [0.2, 0.25) is 0 Å². The fourth-order valence-corrected chi connectivity index (χ4v) is 5.02. The Balaban J connectivity index is 1.67. The molecule has 2 aromatic rings. The molecule has 2 aromatic carbocycles. The van der Waals surface area contributed by atoms with Crippen LogP contribution >= 0.6 is 38.5 Å². The van der Waals surface area contributed by atoms with E-state index in [1.54, 1.807) is 4.90 Å². The number of carbonyl (C=O) groups is 1. The monoisotopic (exact) mass is 589 g/mol. The first kappa shape index (κ1) is 21.9. The molecular formula is C24H21BrIN3O2. The maximum Gasteiger partial charge on any atom is 0.161 e. The lowest BCUT2D eigenvalue weighted by Gasteiger charge is -2.37. The number of rotatable bonds is 4. The molecule has 0 spiro atoms. The molecule has 0 unspecified atom stereocenters. The summed E-state index contributed by atoms with van der Waals surface area (Å²) in [5, 5.41) is 9.86. The summed E-state index contributed by atoms with van der Waals surface area (Å²) in [6.07, 6.45) is 2.09. The number of hydrogen-bond donors (Lipinski definition) is 1. The van der Waals surface area contributed by atoms with Gasteiger partial charge in [-0.15, -0.1) is 0 Å². The van der Waals surface area contributed by atoms with Crippen molar-refractivity contribution in [3.05, 3.63) is 84.3 Å². The molecule has 1 heterocycles. The summed E-state index contributed by atoms with van der Waals surface area (Å²) in [7, 11) is 1.83. The number of benzene rings is 2. The molecule has 0 bridgehead atoms. The molecule has 1 atom stereocenters. The van der Waals surface area contributed by atoms with Gasteiger partial charge < -0.3 is 15.4 Å². The first-order valence-electron chi connectivity index (χ1n) is 9.97. The normalized spacial score (nSPS) is 18.7.